The predicted octanol–water partition coefficient (Wildman–Crippen LogP) is 4.69. The summed E-state index contributed by atoms with van der Waals surface area (Å²) in [6, 6.07) is 19.1. The third kappa shape index (κ3) is 3.24. The Balaban J connectivity index is 1.75. The van der Waals surface area contributed by atoms with Crippen LogP contribution in [0, 0.1) is 12.8 Å². The second-order valence-corrected chi connectivity index (χ2v) is 6.18. The van der Waals surface area contributed by atoms with E-state index in [1.807, 2.05) is 0 Å². The fourth-order valence-electron chi connectivity index (χ4n) is 3.44. The van der Waals surface area contributed by atoms with Gasteiger partial charge in [0.2, 0.25) is 0 Å². The van der Waals surface area contributed by atoms with Gasteiger partial charge >= 0.3 is 0 Å². The van der Waals surface area contributed by atoms with Crippen LogP contribution in [-0.2, 0) is 11.2 Å². The highest BCUT2D eigenvalue weighted by Crippen LogP contribution is 2.36. The van der Waals surface area contributed by atoms with Crippen molar-refractivity contribution in [2.75, 3.05) is 0 Å². The van der Waals surface area contributed by atoms with E-state index in [-0.39, 0.29) is 5.92 Å². The molecule has 0 N–H and O–H groups in total. The van der Waals surface area contributed by atoms with Crippen LogP contribution < -0.4 is 0 Å². The molecule has 2 atom stereocenters. The smallest absolute Gasteiger partial charge is 0.136 e. The Kier molecular flexibility index (Phi) is 4.19. The molecule has 1 aliphatic rings. The summed E-state index contributed by atoms with van der Waals surface area (Å²) in [6.07, 6.45) is 3.63. The maximum Gasteiger partial charge on any atom is 0.136 e. The van der Waals surface area contributed by atoms with Gasteiger partial charge in [0.25, 0.3) is 0 Å². The van der Waals surface area contributed by atoms with Gasteiger partial charge in [0, 0.05) is 12.3 Å². The summed E-state index contributed by atoms with van der Waals surface area (Å²) < 4.78 is 0. The van der Waals surface area contributed by atoms with E-state index in [1.54, 1.807) is 0 Å². The Hall–Kier alpha value is -1.89. The first-order valence-electron chi connectivity index (χ1n) is 7.86. The molecule has 2 aromatic carbocycles. The third-order valence-corrected chi connectivity index (χ3v) is 4.76. The molecule has 2 aromatic rings. The molecule has 21 heavy (non-hydrogen) atoms. The average Bonchev–Trinajstić information content (AvgIpc) is 2.52. The lowest BCUT2D eigenvalue weighted by molar-refractivity contribution is -0.124. The van der Waals surface area contributed by atoms with Crippen LogP contribution in [-0.4, -0.2) is 5.78 Å². The van der Waals surface area contributed by atoms with Gasteiger partial charge in [-0.05, 0) is 48.8 Å². The number of Topliss-reactive ketones (excluding diaryl/α,β-unsaturated/α-hetero) is 1. The van der Waals surface area contributed by atoms with Gasteiger partial charge in [0.05, 0.1) is 0 Å². The summed E-state index contributed by atoms with van der Waals surface area (Å²) >= 11 is 0. The summed E-state index contributed by atoms with van der Waals surface area (Å²) in [5, 5.41) is 0. The van der Waals surface area contributed by atoms with E-state index in [9.17, 15) is 4.79 Å². The molecular formula is C20H22O. The fraction of sp³-hybridized carbons (Fsp3) is 0.350. The molecule has 108 valence electrons. The number of aryl methyl sites for hydroxylation is 1. The van der Waals surface area contributed by atoms with Crippen molar-refractivity contribution in [3.8, 4) is 0 Å². The van der Waals surface area contributed by atoms with Crippen LogP contribution in [0.5, 0.6) is 0 Å². The minimum absolute atomic E-state index is 0.185. The molecule has 0 amide bonds. The van der Waals surface area contributed by atoms with Crippen molar-refractivity contribution in [3.05, 3.63) is 71.3 Å². The first-order valence-corrected chi connectivity index (χ1v) is 7.86. The molecule has 0 radical (unpaired) electrons. The summed E-state index contributed by atoms with van der Waals surface area (Å²) in [5.74, 6) is 1.17. The van der Waals surface area contributed by atoms with E-state index in [0.29, 0.717) is 11.7 Å². The Morgan fingerprint density at radius 3 is 2.48 bits per heavy atom. The third-order valence-electron chi connectivity index (χ3n) is 4.76. The molecule has 3 rings (SSSR count). The molecule has 0 bridgehead atoms. The van der Waals surface area contributed by atoms with Crippen LogP contribution in [0.25, 0.3) is 0 Å². The van der Waals surface area contributed by atoms with Crippen molar-refractivity contribution in [2.24, 2.45) is 5.92 Å². The molecule has 1 fully saturated rings. The molecule has 0 aromatic heterocycles. The number of benzene rings is 2. The lowest BCUT2D eigenvalue weighted by atomic mass is 9.75. The zero-order valence-electron chi connectivity index (χ0n) is 12.6. The van der Waals surface area contributed by atoms with E-state index in [2.05, 4.69) is 61.5 Å². The van der Waals surface area contributed by atoms with Gasteiger partial charge in [0.1, 0.15) is 5.78 Å². The summed E-state index contributed by atoms with van der Waals surface area (Å²) in [6.45, 7) is 2.14. The van der Waals surface area contributed by atoms with Crippen molar-refractivity contribution in [1.29, 1.82) is 0 Å². The van der Waals surface area contributed by atoms with Gasteiger partial charge in [0.15, 0.2) is 0 Å². The number of rotatable bonds is 3. The standard InChI is InChI=1S/C20H22O/c1-15-7-5-6-10-17(15)13-19-14-18(11-12-20(19)21)16-8-3-2-4-9-16/h2-10,18-19H,11-14H2,1H3. The summed E-state index contributed by atoms with van der Waals surface area (Å²) in [4.78, 5) is 12.3. The number of carbonyl (C=O) groups is 1. The largest absolute Gasteiger partial charge is 0.299 e. The molecule has 1 heteroatoms. The Labute approximate surface area is 127 Å². The van der Waals surface area contributed by atoms with Gasteiger partial charge in [-0.3, -0.25) is 4.79 Å². The van der Waals surface area contributed by atoms with Crippen molar-refractivity contribution in [1.82, 2.24) is 0 Å². The zero-order valence-corrected chi connectivity index (χ0v) is 12.6. The molecule has 2 unspecified atom stereocenters. The second kappa shape index (κ2) is 6.26. The van der Waals surface area contributed by atoms with Crippen molar-refractivity contribution < 1.29 is 4.79 Å². The molecule has 0 heterocycles. The average molecular weight is 278 g/mol. The summed E-state index contributed by atoms with van der Waals surface area (Å²) in [7, 11) is 0. The van der Waals surface area contributed by atoms with E-state index in [4.69, 9.17) is 0 Å². The van der Waals surface area contributed by atoms with Crippen LogP contribution >= 0.6 is 0 Å². The van der Waals surface area contributed by atoms with Crippen LogP contribution in [0.15, 0.2) is 54.6 Å². The minimum atomic E-state index is 0.185. The molecule has 0 saturated heterocycles. The van der Waals surface area contributed by atoms with Crippen LogP contribution in [0.3, 0.4) is 0 Å². The van der Waals surface area contributed by atoms with E-state index >= 15 is 0 Å². The van der Waals surface area contributed by atoms with Gasteiger partial charge in [-0.1, -0.05) is 54.6 Å². The molecule has 1 saturated carbocycles. The van der Waals surface area contributed by atoms with Crippen molar-refractivity contribution in [3.63, 3.8) is 0 Å². The number of carbonyl (C=O) groups excluding carboxylic acids is 1. The number of hydrogen-bond acceptors (Lipinski definition) is 1. The summed E-state index contributed by atoms with van der Waals surface area (Å²) in [5.41, 5.74) is 4.01. The molecular weight excluding hydrogens is 256 g/mol. The van der Waals surface area contributed by atoms with Gasteiger partial charge < -0.3 is 0 Å². The Morgan fingerprint density at radius 2 is 1.71 bits per heavy atom. The zero-order chi connectivity index (χ0) is 14.7. The molecule has 0 aliphatic heterocycles. The lowest BCUT2D eigenvalue weighted by Gasteiger charge is -2.29. The van der Waals surface area contributed by atoms with Gasteiger partial charge in [-0.2, -0.15) is 0 Å². The maximum absolute atomic E-state index is 12.3. The number of ketones is 1. The van der Waals surface area contributed by atoms with Gasteiger partial charge in [-0.15, -0.1) is 0 Å². The monoisotopic (exact) mass is 278 g/mol. The van der Waals surface area contributed by atoms with Crippen molar-refractivity contribution in [2.45, 2.75) is 38.5 Å². The highest BCUT2D eigenvalue weighted by Gasteiger charge is 2.29. The van der Waals surface area contributed by atoms with Crippen LogP contribution in [0.2, 0.25) is 0 Å². The molecule has 0 spiro atoms. The van der Waals surface area contributed by atoms with E-state index in [0.717, 1.165) is 25.7 Å². The first-order chi connectivity index (χ1) is 10.2. The normalized spacial score (nSPS) is 22.2. The SMILES string of the molecule is Cc1ccccc1CC1CC(c2ccccc2)CCC1=O. The van der Waals surface area contributed by atoms with E-state index < -0.39 is 0 Å². The Morgan fingerprint density at radius 1 is 1.00 bits per heavy atom. The highest BCUT2D eigenvalue weighted by molar-refractivity contribution is 5.82. The van der Waals surface area contributed by atoms with Gasteiger partial charge in [-0.25, -0.2) is 0 Å². The number of hydrogen-bond donors (Lipinski definition) is 0. The second-order valence-electron chi connectivity index (χ2n) is 6.18. The highest BCUT2D eigenvalue weighted by atomic mass is 16.1. The van der Waals surface area contributed by atoms with Crippen LogP contribution in [0.1, 0.15) is 41.9 Å². The minimum Gasteiger partial charge on any atom is -0.299 e. The quantitative estimate of drug-likeness (QED) is 0.796. The lowest BCUT2D eigenvalue weighted by Crippen LogP contribution is -2.26. The van der Waals surface area contributed by atoms with E-state index in [1.165, 1.54) is 16.7 Å². The molecule has 1 aliphatic carbocycles. The van der Waals surface area contributed by atoms with Crippen LogP contribution in [0.4, 0.5) is 0 Å². The first kappa shape index (κ1) is 14.1. The molecule has 1 nitrogen and oxygen atoms in total. The Bertz CT molecular complexity index is 615. The maximum atomic E-state index is 12.3. The van der Waals surface area contributed by atoms with Crippen molar-refractivity contribution >= 4 is 5.78 Å². The fourth-order valence-corrected chi connectivity index (χ4v) is 3.44. The predicted molar refractivity (Wildman–Crippen MR) is 86.4 cm³/mol. The topological polar surface area (TPSA) is 17.1 Å².